The monoisotopic (exact) mass is 258 g/mol. The first-order valence-electron chi connectivity index (χ1n) is 1.67. The van der Waals surface area contributed by atoms with E-state index < -0.39 is 12.4 Å². The van der Waals surface area contributed by atoms with Crippen LogP contribution in [0, 0.1) is 35.6 Å². The molecule has 6 heteroatoms. The van der Waals surface area contributed by atoms with Crippen molar-refractivity contribution in [2.24, 2.45) is 11.7 Å². The van der Waals surface area contributed by atoms with Crippen LogP contribution in [0.3, 0.4) is 0 Å². The fourth-order valence-electron chi connectivity index (χ4n) is 0.0617. The molecule has 51 valence electrons. The molecule has 1 radical (unpaired) electrons. The summed E-state index contributed by atoms with van der Waals surface area (Å²) in [4.78, 5) is 18.4. The summed E-state index contributed by atoms with van der Waals surface area (Å²) in [5.41, 5.74) is 0. The molecule has 0 saturated heterocycles. The number of hydrogen-bond donors (Lipinski definition) is 3. The van der Waals surface area contributed by atoms with Crippen molar-refractivity contribution in [2.45, 2.75) is 6.42 Å². The van der Waals surface area contributed by atoms with Gasteiger partial charge in [0.05, 0.1) is 0 Å². The molecule has 0 aliphatic rings. The van der Waals surface area contributed by atoms with E-state index in [2.05, 4.69) is 11.7 Å². The van der Waals surface area contributed by atoms with Crippen LogP contribution < -0.4 is 11.7 Å². The Bertz CT molecular complexity index is 77.5. The summed E-state index contributed by atoms with van der Waals surface area (Å²) in [6, 6.07) is 0. The van der Waals surface area contributed by atoms with E-state index in [1.165, 1.54) is 6.29 Å². The van der Waals surface area contributed by atoms with Crippen molar-refractivity contribution in [3.8, 4) is 0 Å². The standard InChI is InChI=1S/C3H3O3.La.H4N2/c4-2-1-3(5)6;;1-2/h1H2,(H,5,6);;1-2H2/q-1;;. The van der Waals surface area contributed by atoms with Crippen molar-refractivity contribution in [3.63, 3.8) is 0 Å². The van der Waals surface area contributed by atoms with Crippen LogP contribution >= 0.6 is 0 Å². The predicted octanol–water partition coefficient (Wildman–Crippen LogP) is -1.61. The third kappa shape index (κ3) is 30.5. The maximum atomic E-state index is 9.34. The Labute approximate surface area is 80.3 Å². The van der Waals surface area contributed by atoms with Crippen molar-refractivity contribution in [1.82, 2.24) is 0 Å². The first-order valence-corrected chi connectivity index (χ1v) is 1.67. The Kier molecular flexibility index (Phi) is 28.2. The SMILES string of the molecule is NN.O=[C-]CC(=O)O.[La]. The molecule has 5 N–H and O–H groups in total. The maximum Gasteiger partial charge on any atom is 0.276 e. The van der Waals surface area contributed by atoms with Gasteiger partial charge in [0.1, 0.15) is 0 Å². The number of aliphatic carboxylic acids is 1. The van der Waals surface area contributed by atoms with Crippen molar-refractivity contribution >= 4 is 12.3 Å². The molecule has 0 fully saturated rings. The minimum atomic E-state index is -1.13. The molecule has 0 aromatic rings. The van der Waals surface area contributed by atoms with E-state index in [1.807, 2.05) is 0 Å². The minimum Gasteiger partial charge on any atom is -0.541 e. The van der Waals surface area contributed by atoms with Crippen molar-refractivity contribution < 1.29 is 50.3 Å². The number of carbonyl (C=O) groups is 1. The van der Waals surface area contributed by atoms with Gasteiger partial charge in [-0.3, -0.25) is 22.8 Å². The molecule has 0 bridgehead atoms. The number of hydrogen-bond acceptors (Lipinski definition) is 4. The molecule has 9 heavy (non-hydrogen) atoms. The number of carboxylic acid groups (broad SMARTS) is 1. The van der Waals surface area contributed by atoms with Crippen LogP contribution in [0.15, 0.2) is 0 Å². The average Bonchev–Trinajstić information content (AvgIpc) is 1.72. The van der Waals surface area contributed by atoms with Crippen LogP contribution in [-0.2, 0) is 9.59 Å². The van der Waals surface area contributed by atoms with Gasteiger partial charge >= 0.3 is 0 Å². The molecule has 0 heterocycles. The number of nitrogens with two attached hydrogens (primary N) is 2. The van der Waals surface area contributed by atoms with Gasteiger partial charge in [0.2, 0.25) is 0 Å². The van der Waals surface area contributed by atoms with Crippen LogP contribution in [0.5, 0.6) is 0 Å². The van der Waals surface area contributed by atoms with Crippen LogP contribution in [-0.4, -0.2) is 17.4 Å². The summed E-state index contributed by atoms with van der Waals surface area (Å²) in [6.45, 7) is 0. The molecular formula is C3H7LaN2O3-. The Hall–Kier alpha value is 0.255. The van der Waals surface area contributed by atoms with Gasteiger partial charge in [-0.25, -0.2) is 0 Å². The normalized spacial score (nSPS) is 5.56. The maximum absolute atomic E-state index is 9.34. The van der Waals surface area contributed by atoms with Crippen LogP contribution in [0.1, 0.15) is 6.42 Å². The van der Waals surface area contributed by atoms with Gasteiger partial charge in [0, 0.05) is 35.6 Å². The van der Waals surface area contributed by atoms with E-state index >= 15 is 0 Å². The third-order valence-corrected chi connectivity index (χ3v) is 0.223. The van der Waals surface area contributed by atoms with E-state index in [1.54, 1.807) is 0 Å². The Morgan fingerprint density at radius 3 is 1.89 bits per heavy atom. The van der Waals surface area contributed by atoms with Crippen LogP contribution in [0.25, 0.3) is 0 Å². The summed E-state index contributed by atoms with van der Waals surface area (Å²) in [7, 11) is 0. The zero-order valence-electron chi connectivity index (χ0n) is 4.70. The van der Waals surface area contributed by atoms with E-state index in [4.69, 9.17) is 9.90 Å². The molecule has 0 aromatic heterocycles. The second kappa shape index (κ2) is 15.7. The second-order valence-corrected chi connectivity index (χ2v) is 0.715. The fraction of sp³-hybridized carbons (Fsp3) is 0.333. The number of carboxylic acids is 1. The smallest absolute Gasteiger partial charge is 0.276 e. The zero-order valence-corrected chi connectivity index (χ0v) is 8.33. The van der Waals surface area contributed by atoms with Gasteiger partial charge in [-0.2, -0.15) is 0 Å². The Balaban J connectivity index is -0.000000109. The summed E-state index contributed by atoms with van der Waals surface area (Å²) < 4.78 is 0. The average molecular weight is 258 g/mol. The van der Waals surface area contributed by atoms with Gasteiger partial charge in [-0.15, -0.1) is 0 Å². The number of rotatable bonds is 2. The van der Waals surface area contributed by atoms with E-state index in [9.17, 15) is 4.79 Å². The van der Waals surface area contributed by atoms with Gasteiger partial charge in [-0.05, 0) is 0 Å². The quantitative estimate of drug-likeness (QED) is 0.239. The molecular weight excluding hydrogens is 251 g/mol. The van der Waals surface area contributed by atoms with Gasteiger partial charge in [0.15, 0.2) is 0 Å². The van der Waals surface area contributed by atoms with Crippen LogP contribution in [0.2, 0.25) is 0 Å². The third-order valence-electron chi connectivity index (χ3n) is 0.223. The molecule has 0 aliphatic heterocycles. The number of hydrazine groups is 1. The molecule has 0 rings (SSSR count). The van der Waals surface area contributed by atoms with Crippen molar-refractivity contribution in [1.29, 1.82) is 0 Å². The number of carbonyl (C=O) groups excluding carboxylic acids is 1. The van der Waals surface area contributed by atoms with Crippen molar-refractivity contribution in [3.05, 3.63) is 0 Å². The van der Waals surface area contributed by atoms with Crippen LogP contribution in [0.4, 0.5) is 0 Å². The first-order chi connectivity index (χ1) is 3.77. The predicted molar refractivity (Wildman–Crippen MR) is 26.3 cm³/mol. The van der Waals surface area contributed by atoms with Gasteiger partial charge in [0.25, 0.3) is 5.97 Å². The molecule has 5 nitrogen and oxygen atoms in total. The largest absolute Gasteiger partial charge is 0.541 e. The van der Waals surface area contributed by atoms with E-state index in [-0.39, 0.29) is 35.6 Å². The minimum absolute atomic E-state index is 0. The Morgan fingerprint density at radius 2 is 1.89 bits per heavy atom. The molecule has 0 atom stereocenters. The van der Waals surface area contributed by atoms with E-state index in [0.29, 0.717) is 0 Å². The molecule has 0 unspecified atom stereocenters. The zero-order chi connectivity index (χ0) is 6.99. The van der Waals surface area contributed by atoms with Gasteiger partial charge < -0.3 is 9.90 Å². The molecule has 0 aromatic carbocycles. The fourth-order valence-corrected chi connectivity index (χ4v) is 0.0617. The summed E-state index contributed by atoms with van der Waals surface area (Å²) >= 11 is 0. The molecule has 0 saturated carbocycles. The first kappa shape index (κ1) is 16.1. The molecule has 0 spiro atoms. The van der Waals surface area contributed by atoms with E-state index in [0.717, 1.165) is 0 Å². The summed E-state index contributed by atoms with van der Waals surface area (Å²) in [6.07, 6.45) is 0.704. The van der Waals surface area contributed by atoms with Crippen molar-refractivity contribution in [2.75, 3.05) is 0 Å². The summed E-state index contributed by atoms with van der Waals surface area (Å²) in [5, 5.41) is 7.65. The Morgan fingerprint density at radius 1 is 1.56 bits per heavy atom. The summed E-state index contributed by atoms with van der Waals surface area (Å²) in [5.74, 6) is 6.87. The second-order valence-electron chi connectivity index (χ2n) is 0.715. The molecule has 0 amide bonds. The molecule has 0 aliphatic carbocycles. The van der Waals surface area contributed by atoms with Gasteiger partial charge in [-0.1, -0.05) is 6.42 Å². The topological polar surface area (TPSA) is 106 Å².